The van der Waals surface area contributed by atoms with E-state index < -0.39 is 0 Å². The average Bonchev–Trinajstić information content (AvgIpc) is 2.67. The van der Waals surface area contributed by atoms with Gasteiger partial charge in [0.1, 0.15) is 5.75 Å². The minimum Gasteiger partial charge on any atom is -0.496 e. The van der Waals surface area contributed by atoms with Gasteiger partial charge in [0.15, 0.2) is 0 Å². The molecule has 2 aromatic carbocycles. The highest BCUT2D eigenvalue weighted by atomic mass is 79.9. The molecule has 0 spiro atoms. The molecule has 1 saturated heterocycles. The van der Waals surface area contributed by atoms with E-state index in [0.29, 0.717) is 13.1 Å². The lowest BCUT2D eigenvalue weighted by molar-refractivity contribution is -0.122. The van der Waals surface area contributed by atoms with Crippen molar-refractivity contribution in [3.63, 3.8) is 0 Å². The number of nitrogens with zero attached hydrogens (tertiary/aromatic N) is 2. The predicted molar refractivity (Wildman–Crippen MR) is 108 cm³/mol. The van der Waals surface area contributed by atoms with E-state index in [-0.39, 0.29) is 5.91 Å². The summed E-state index contributed by atoms with van der Waals surface area (Å²) in [6.45, 7) is 4.54. The van der Waals surface area contributed by atoms with Crippen LogP contribution < -0.4 is 15.0 Å². The van der Waals surface area contributed by atoms with Crippen LogP contribution in [0, 0.1) is 0 Å². The van der Waals surface area contributed by atoms with Crippen LogP contribution >= 0.6 is 15.9 Å². The standard InChI is InChI=1S/C20H24BrN3O2/c1-26-19-8-3-2-5-16(19)14-22-20(25)15-23-9-11-24(12-10-23)18-7-4-6-17(21)13-18/h2-8,13H,9-12,14-15H2,1H3,(H,22,25). The van der Waals surface area contributed by atoms with Crippen molar-refractivity contribution in [3.05, 3.63) is 58.6 Å². The third-order valence-electron chi connectivity index (χ3n) is 4.58. The van der Waals surface area contributed by atoms with Crippen molar-refractivity contribution < 1.29 is 9.53 Å². The maximum Gasteiger partial charge on any atom is 0.234 e. The van der Waals surface area contributed by atoms with Crippen molar-refractivity contribution >= 4 is 27.5 Å². The van der Waals surface area contributed by atoms with Gasteiger partial charge in [-0.25, -0.2) is 0 Å². The van der Waals surface area contributed by atoms with Crippen molar-refractivity contribution in [1.82, 2.24) is 10.2 Å². The lowest BCUT2D eigenvalue weighted by Crippen LogP contribution is -2.49. The number of rotatable bonds is 6. The topological polar surface area (TPSA) is 44.8 Å². The number of halogens is 1. The maximum atomic E-state index is 12.3. The normalized spacial score (nSPS) is 14.9. The van der Waals surface area contributed by atoms with Gasteiger partial charge in [-0.3, -0.25) is 9.69 Å². The molecule has 2 aromatic rings. The predicted octanol–water partition coefficient (Wildman–Crippen LogP) is 2.90. The summed E-state index contributed by atoms with van der Waals surface area (Å²) in [5, 5.41) is 2.99. The van der Waals surface area contributed by atoms with E-state index in [4.69, 9.17) is 4.74 Å². The van der Waals surface area contributed by atoms with E-state index in [2.05, 4.69) is 49.2 Å². The highest BCUT2D eigenvalue weighted by Crippen LogP contribution is 2.21. The fraction of sp³-hybridized carbons (Fsp3) is 0.350. The summed E-state index contributed by atoms with van der Waals surface area (Å²) >= 11 is 3.52. The van der Waals surface area contributed by atoms with Gasteiger partial charge in [-0.1, -0.05) is 40.2 Å². The third kappa shape index (κ3) is 4.99. The Kier molecular flexibility index (Phi) is 6.52. The Balaban J connectivity index is 1.45. The molecule has 1 aliphatic rings. The Hall–Kier alpha value is -2.05. The molecule has 1 fully saturated rings. The van der Waals surface area contributed by atoms with E-state index in [1.165, 1.54) is 5.69 Å². The zero-order valence-electron chi connectivity index (χ0n) is 15.0. The number of anilines is 1. The first kappa shape index (κ1) is 18.7. The maximum absolute atomic E-state index is 12.3. The zero-order valence-corrected chi connectivity index (χ0v) is 16.5. The van der Waals surface area contributed by atoms with Crippen LogP contribution in [-0.2, 0) is 11.3 Å². The second-order valence-corrected chi connectivity index (χ2v) is 7.25. The fourth-order valence-electron chi connectivity index (χ4n) is 3.14. The van der Waals surface area contributed by atoms with E-state index in [0.717, 1.165) is 42.0 Å². The molecule has 6 heteroatoms. The molecule has 3 rings (SSSR count). The number of carbonyl (C=O) groups excluding carboxylic acids is 1. The van der Waals surface area contributed by atoms with Gasteiger partial charge < -0.3 is 15.0 Å². The Morgan fingerprint density at radius 2 is 1.88 bits per heavy atom. The molecular weight excluding hydrogens is 394 g/mol. The first-order valence-electron chi connectivity index (χ1n) is 8.77. The SMILES string of the molecule is COc1ccccc1CNC(=O)CN1CCN(c2cccc(Br)c2)CC1. The van der Waals surface area contributed by atoms with Gasteiger partial charge >= 0.3 is 0 Å². The van der Waals surface area contributed by atoms with Crippen LogP contribution in [-0.4, -0.2) is 50.6 Å². The molecule has 0 aliphatic carbocycles. The summed E-state index contributed by atoms with van der Waals surface area (Å²) < 4.78 is 6.41. The Bertz CT molecular complexity index is 745. The summed E-state index contributed by atoms with van der Waals surface area (Å²) in [5.74, 6) is 0.849. The molecule has 0 unspecified atom stereocenters. The van der Waals surface area contributed by atoms with Crippen molar-refractivity contribution in [3.8, 4) is 5.75 Å². The minimum atomic E-state index is 0.0480. The Morgan fingerprint density at radius 1 is 1.12 bits per heavy atom. The molecule has 26 heavy (non-hydrogen) atoms. The molecule has 1 amide bonds. The van der Waals surface area contributed by atoms with Gasteiger partial charge in [-0.15, -0.1) is 0 Å². The molecule has 1 aliphatic heterocycles. The number of ether oxygens (including phenoxy) is 1. The number of para-hydroxylation sites is 1. The molecule has 0 radical (unpaired) electrons. The van der Waals surface area contributed by atoms with Crippen LogP contribution in [0.25, 0.3) is 0 Å². The van der Waals surface area contributed by atoms with E-state index in [9.17, 15) is 4.79 Å². The number of carbonyl (C=O) groups is 1. The van der Waals surface area contributed by atoms with E-state index in [1.807, 2.05) is 30.3 Å². The van der Waals surface area contributed by atoms with Gasteiger partial charge in [0, 0.05) is 48.4 Å². The number of benzene rings is 2. The lowest BCUT2D eigenvalue weighted by Gasteiger charge is -2.35. The van der Waals surface area contributed by atoms with Crippen molar-refractivity contribution in [2.24, 2.45) is 0 Å². The van der Waals surface area contributed by atoms with Gasteiger partial charge in [0.25, 0.3) is 0 Å². The van der Waals surface area contributed by atoms with Crippen LogP contribution in [0.5, 0.6) is 5.75 Å². The first-order chi connectivity index (χ1) is 12.7. The highest BCUT2D eigenvalue weighted by Gasteiger charge is 2.19. The molecule has 1 heterocycles. The lowest BCUT2D eigenvalue weighted by atomic mass is 10.2. The van der Waals surface area contributed by atoms with Crippen LogP contribution in [0.1, 0.15) is 5.56 Å². The summed E-state index contributed by atoms with van der Waals surface area (Å²) in [4.78, 5) is 16.8. The molecule has 1 N–H and O–H groups in total. The number of hydrogen-bond donors (Lipinski definition) is 1. The Morgan fingerprint density at radius 3 is 2.62 bits per heavy atom. The smallest absolute Gasteiger partial charge is 0.234 e. The average molecular weight is 418 g/mol. The molecule has 138 valence electrons. The van der Waals surface area contributed by atoms with E-state index >= 15 is 0 Å². The number of nitrogens with one attached hydrogen (secondary N) is 1. The molecular formula is C20H24BrN3O2. The van der Waals surface area contributed by atoms with Gasteiger partial charge in [0.2, 0.25) is 5.91 Å². The van der Waals surface area contributed by atoms with Crippen LogP contribution in [0.4, 0.5) is 5.69 Å². The summed E-state index contributed by atoms with van der Waals surface area (Å²) in [6.07, 6.45) is 0. The molecule has 0 atom stereocenters. The van der Waals surface area contributed by atoms with Gasteiger partial charge in [0.05, 0.1) is 13.7 Å². The van der Waals surface area contributed by atoms with Gasteiger partial charge in [-0.2, -0.15) is 0 Å². The van der Waals surface area contributed by atoms with Crippen LogP contribution in [0.2, 0.25) is 0 Å². The Labute approximate surface area is 163 Å². The molecule has 0 bridgehead atoms. The number of amides is 1. The number of methoxy groups -OCH3 is 1. The van der Waals surface area contributed by atoms with Crippen LogP contribution in [0.15, 0.2) is 53.0 Å². The third-order valence-corrected chi connectivity index (χ3v) is 5.07. The first-order valence-corrected chi connectivity index (χ1v) is 9.56. The largest absolute Gasteiger partial charge is 0.496 e. The minimum absolute atomic E-state index is 0.0480. The van der Waals surface area contributed by atoms with Gasteiger partial charge in [-0.05, 0) is 24.3 Å². The molecule has 5 nitrogen and oxygen atoms in total. The number of hydrogen-bond acceptors (Lipinski definition) is 4. The number of piperazine rings is 1. The summed E-state index contributed by atoms with van der Waals surface area (Å²) in [6, 6.07) is 16.1. The van der Waals surface area contributed by atoms with Crippen molar-refractivity contribution in [2.75, 3.05) is 44.7 Å². The van der Waals surface area contributed by atoms with Crippen molar-refractivity contribution in [2.45, 2.75) is 6.54 Å². The summed E-state index contributed by atoms with van der Waals surface area (Å²) in [7, 11) is 1.64. The highest BCUT2D eigenvalue weighted by molar-refractivity contribution is 9.10. The zero-order chi connectivity index (χ0) is 18.4. The second-order valence-electron chi connectivity index (χ2n) is 6.33. The fourth-order valence-corrected chi connectivity index (χ4v) is 3.53. The summed E-state index contributed by atoms with van der Waals surface area (Å²) in [5.41, 5.74) is 2.21. The second kappa shape index (κ2) is 9.05. The van der Waals surface area contributed by atoms with Crippen LogP contribution in [0.3, 0.4) is 0 Å². The van der Waals surface area contributed by atoms with E-state index in [1.54, 1.807) is 7.11 Å². The monoisotopic (exact) mass is 417 g/mol. The molecule has 0 aromatic heterocycles. The van der Waals surface area contributed by atoms with Crippen molar-refractivity contribution in [1.29, 1.82) is 0 Å². The molecule has 0 saturated carbocycles. The quantitative estimate of drug-likeness (QED) is 0.784.